The number of carboxylic acids is 1. The molecule has 0 heterocycles. The molecule has 1 aromatic rings. The smallest absolute Gasteiger partial charge is 0.306 e. The highest BCUT2D eigenvalue weighted by molar-refractivity contribution is 5.79. The second-order valence-electron chi connectivity index (χ2n) is 5.84. The van der Waals surface area contributed by atoms with Crippen LogP contribution in [0.5, 0.6) is 5.75 Å². The van der Waals surface area contributed by atoms with Crippen molar-refractivity contribution in [2.45, 2.75) is 32.6 Å². The highest BCUT2D eigenvalue weighted by Crippen LogP contribution is 2.28. The number of ether oxygens (including phenoxy) is 1. The van der Waals surface area contributed by atoms with E-state index in [1.54, 1.807) is 0 Å². The molecule has 1 amide bonds. The van der Waals surface area contributed by atoms with Crippen LogP contribution in [0.25, 0.3) is 0 Å². The maximum atomic E-state index is 12.0. The van der Waals surface area contributed by atoms with Crippen molar-refractivity contribution >= 4 is 11.9 Å². The molecule has 1 aromatic carbocycles. The zero-order valence-corrected chi connectivity index (χ0v) is 12.9. The predicted molar refractivity (Wildman–Crippen MR) is 82.8 cm³/mol. The van der Waals surface area contributed by atoms with Crippen LogP contribution >= 0.6 is 0 Å². The minimum absolute atomic E-state index is 0.0105. The molecule has 0 aromatic heterocycles. The van der Waals surface area contributed by atoms with Gasteiger partial charge in [0.05, 0.1) is 12.5 Å². The summed E-state index contributed by atoms with van der Waals surface area (Å²) in [5.74, 6) is -0.285. The predicted octanol–water partition coefficient (Wildman–Crippen LogP) is 2.38. The summed E-state index contributed by atoms with van der Waals surface area (Å²) in [6.45, 7) is 2.91. The third kappa shape index (κ3) is 4.76. The van der Waals surface area contributed by atoms with Gasteiger partial charge in [0.1, 0.15) is 12.4 Å². The van der Waals surface area contributed by atoms with Gasteiger partial charge in [0, 0.05) is 5.92 Å². The van der Waals surface area contributed by atoms with Crippen molar-refractivity contribution in [1.82, 2.24) is 5.32 Å². The molecule has 22 heavy (non-hydrogen) atoms. The molecule has 0 radical (unpaired) electrons. The molecule has 1 saturated carbocycles. The van der Waals surface area contributed by atoms with Crippen molar-refractivity contribution in [2.75, 3.05) is 13.2 Å². The van der Waals surface area contributed by atoms with E-state index in [9.17, 15) is 9.59 Å². The second kappa shape index (κ2) is 7.82. The van der Waals surface area contributed by atoms with Crippen LogP contribution in [0, 0.1) is 18.8 Å². The van der Waals surface area contributed by atoms with Gasteiger partial charge in [0.2, 0.25) is 5.91 Å². The number of hydrogen-bond donors (Lipinski definition) is 2. The number of carbonyl (C=O) groups excluding carboxylic acids is 1. The fourth-order valence-corrected chi connectivity index (χ4v) is 2.72. The number of aliphatic carboxylic acids is 1. The van der Waals surface area contributed by atoms with Gasteiger partial charge >= 0.3 is 5.97 Å². The average molecular weight is 305 g/mol. The van der Waals surface area contributed by atoms with Crippen LogP contribution in [0.4, 0.5) is 0 Å². The Morgan fingerprint density at radius 3 is 2.32 bits per heavy atom. The monoisotopic (exact) mass is 305 g/mol. The fraction of sp³-hybridized carbons (Fsp3) is 0.529. The minimum Gasteiger partial charge on any atom is -0.492 e. The molecule has 2 N–H and O–H groups in total. The summed E-state index contributed by atoms with van der Waals surface area (Å²) in [6, 6.07) is 7.78. The first-order valence-electron chi connectivity index (χ1n) is 7.76. The first-order valence-corrected chi connectivity index (χ1v) is 7.76. The van der Waals surface area contributed by atoms with Gasteiger partial charge in [-0.1, -0.05) is 17.7 Å². The number of carboxylic acid groups (broad SMARTS) is 1. The van der Waals surface area contributed by atoms with Crippen molar-refractivity contribution in [2.24, 2.45) is 11.8 Å². The summed E-state index contributed by atoms with van der Waals surface area (Å²) in [6.07, 6.45) is 2.49. The van der Waals surface area contributed by atoms with Crippen molar-refractivity contribution < 1.29 is 19.4 Å². The Morgan fingerprint density at radius 1 is 1.14 bits per heavy atom. The molecule has 1 fully saturated rings. The van der Waals surface area contributed by atoms with E-state index in [0.29, 0.717) is 38.8 Å². The molecule has 0 atom stereocenters. The number of aryl methyl sites for hydroxylation is 1. The molecule has 120 valence electrons. The summed E-state index contributed by atoms with van der Waals surface area (Å²) in [7, 11) is 0. The highest BCUT2D eigenvalue weighted by Gasteiger charge is 2.29. The normalized spacial score (nSPS) is 21.1. The Hall–Kier alpha value is -2.04. The van der Waals surface area contributed by atoms with Crippen molar-refractivity contribution in [3.05, 3.63) is 29.8 Å². The topological polar surface area (TPSA) is 75.6 Å². The first kappa shape index (κ1) is 16.3. The van der Waals surface area contributed by atoms with Gasteiger partial charge in [0.15, 0.2) is 0 Å². The van der Waals surface area contributed by atoms with E-state index in [-0.39, 0.29) is 17.7 Å². The van der Waals surface area contributed by atoms with Crippen LogP contribution in [-0.4, -0.2) is 30.1 Å². The Bertz CT molecular complexity index is 504. The lowest BCUT2D eigenvalue weighted by Gasteiger charge is -2.25. The van der Waals surface area contributed by atoms with Crippen molar-refractivity contribution in [1.29, 1.82) is 0 Å². The summed E-state index contributed by atoms with van der Waals surface area (Å²) >= 11 is 0. The molecule has 5 nitrogen and oxygen atoms in total. The molecular weight excluding hydrogens is 282 g/mol. The first-order chi connectivity index (χ1) is 10.6. The van der Waals surface area contributed by atoms with E-state index in [1.807, 2.05) is 31.2 Å². The molecule has 0 spiro atoms. The molecule has 5 heteroatoms. The zero-order valence-electron chi connectivity index (χ0n) is 12.9. The third-order valence-electron chi connectivity index (χ3n) is 4.14. The standard InChI is InChI=1S/C17H23NO4/c1-12-2-8-15(9-3-12)22-11-10-18-16(19)13-4-6-14(7-5-13)17(20)21/h2-3,8-9,13-14H,4-7,10-11H2,1H3,(H,18,19)(H,20,21). The molecule has 0 unspecified atom stereocenters. The molecule has 0 bridgehead atoms. The summed E-state index contributed by atoms with van der Waals surface area (Å²) in [5.41, 5.74) is 1.18. The van der Waals surface area contributed by atoms with Gasteiger partial charge in [-0.3, -0.25) is 9.59 Å². The Labute approximate surface area is 130 Å². The summed E-state index contributed by atoms with van der Waals surface area (Å²) in [5, 5.41) is 11.8. The summed E-state index contributed by atoms with van der Waals surface area (Å²) in [4.78, 5) is 22.9. The van der Waals surface area contributed by atoms with Crippen molar-refractivity contribution in [3.8, 4) is 5.75 Å². The number of rotatable bonds is 6. The molecular formula is C17H23NO4. The van der Waals surface area contributed by atoms with Gasteiger partial charge in [-0.2, -0.15) is 0 Å². The second-order valence-corrected chi connectivity index (χ2v) is 5.84. The maximum Gasteiger partial charge on any atom is 0.306 e. The van der Waals surface area contributed by atoms with Crippen LogP contribution in [-0.2, 0) is 9.59 Å². The largest absolute Gasteiger partial charge is 0.492 e. The molecule has 2 rings (SSSR count). The third-order valence-corrected chi connectivity index (χ3v) is 4.14. The molecule has 1 aliphatic rings. The Balaban J connectivity index is 1.64. The van der Waals surface area contributed by atoms with Gasteiger partial charge in [-0.25, -0.2) is 0 Å². The van der Waals surface area contributed by atoms with E-state index in [1.165, 1.54) is 5.56 Å². The van der Waals surface area contributed by atoms with Gasteiger partial charge in [-0.05, 0) is 44.7 Å². The van der Waals surface area contributed by atoms with E-state index < -0.39 is 5.97 Å². The Kier molecular flexibility index (Phi) is 5.81. The lowest BCUT2D eigenvalue weighted by atomic mass is 9.81. The van der Waals surface area contributed by atoms with Crippen LogP contribution in [0.15, 0.2) is 24.3 Å². The summed E-state index contributed by atoms with van der Waals surface area (Å²) < 4.78 is 5.55. The minimum atomic E-state index is -0.745. The molecule has 0 aliphatic heterocycles. The van der Waals surface area contributed by atoms with Gasteiger partial charge in [0.25, 0.3) is 0 Å². The number of carbonyl (C=O) groups is 2. The van der Waals surface area contributed by atoms with Crippen LogP contribution < -0.4 is 10.1 Å². The number of hydrogen-bond acceptors (Lipinski definition) is 3. The maximum absolute atomic E-state index is 12.0. The van der Waals surface area contributed by atoms with Crippen LogP contribution in [0.1, 0.15) is 31.2 Å². The fourth-order valence-electron chi connectivity index (χ4n) is 2.72. The number of benzene rings is 1. The van der Waals surface area contributed by atoms with E-state index in [2.05, 4.69) is 5.32 Å². The quantitative estimate of drug-likeness (QED) is 0.791. The Morgan fingerprint density at radius 2 is 1.73 bits per heavy atom. The van der Waals surface area contributed by atoms with Gasteiger partial charge in [-0.15, -0.1) is 0 Å². The van der Waals surface area contributed by atoms with E-state index >= 15 is 0 Å². The van der Waals surface area contributed by atoms with Crippen LogP contribution in [0.2, 0.25) is 0 Å². The van der Waals surface area contributed by atoms with E-state index in [0.717, 1.165) is 5.75 Å². The van der Waals surface area contributed by atoms with Crippen molar-refractivity contribution in [3.63, 3.8) is 0 Å². The molecule has 0 saturated heterocycles. The van der Waals surface area contributed by atoms with E-state index in [4.69, 9.17) is 9.84 Å². The van der Waals surface area contributed by atoms with Gasteiger partial charge < -0.3 is 15.2 Å². The number of amides is 1. The number of nitrogens with one attached hydrogen (secondary N) is 1. The average Bonchev–Trinajstić information content (AvgIpc) is 2.53. The van der Waals surface area contributed by atoms with Crippen LogP contribution in [0.3, 0.4) is 0 Å². The SMILES string of the molecule is Cc1ccc(OCCNC(=O)C2CCC(C(=O)O)CC2)cc1. The molecule has 1 aliphatic carbocycles. The highest BCUT2D eigenvalue weighted by atomic mass is 16.5. The lowest BCUT2D eigenvalue weighted by molar-refractivity contribution is -0.144. The lowest BCUT2D eigenvalue weighted by Crippen LogP contribution is -2.36. The zero-order chi connectivity index (χ0) is 15.9.